The fraction of sp³-hybridized carbons (Fsp3) is 0.500. The second-order valence-electron chi connectivity index (χ2n) is 5.20. The molecule has 118 valence electrons. The Balaban J connectivity index is 1.74. The molecule has 0 bridgehead atoms. The number of rotatable bonds is 4. The molecule has 1 aromatic carbocycles. The molecule has 0 unspecified atom stereocenters. The fourth-order valence-electron chi connectivity index (χ4n) is 2.62. The molecule has 1 amide bonds. The van der Waals surface area contributed by atoms with E-state index in [4.69, 9.17) is 9.47 Å². The molecule has 0 spiro atoms. The van der Waals surface area contributed by atoms with Gasteiger partial charge in [0.1, 0.15) is 0 Å². The van der Waals surface area contributed by atoms with Gasteiger partial charge in [-0.2, -0.15) is 0 Å². The van der Waals surface area contributed by atoms with Gasteiger partial charge >= 0.3 is 0 Å². The molecular weight excluding hydrogens is 290 g/mol. The molecule has 0 N–H and O–H groups in total. The standard InChI is InChI=1S/C14H17N3O5/c18-14-10-22-13-9-11(17(19)20)1-2-12(13)16(14)4-3-15-5-7-21-8-6-15/h1-2,9H,3-8,10H2. The number of nitrogens with zero attached hydrogens (tertiary/aromatic N) is 3. The number of fused-ring (bicyclic) bond motifs is 1. The monoisotopic (exact) mass is 307 g/mol. The van der Waals surface area contributed by atoms with Gasteiger partial charge in [0.05, 0.1) is 29.9 Å². The summed E-state index contributed by atoms with van der Waals surface area (Å²) in [7, 11) is 0. The number of morpholine rings is 1. The molecule has 0 radical (unpaired) electrons. The number of hydrogen-bond acceptors (Lipinski definition) is 6. The quantitative estimate of drug-likeness (QED) is 0.600. The van der Waals surface area contributed by atoms with Crippen LogP contribution in [0.4, 0.5) is 11.4 Å². The summed E-state index contributed by atoms with van der Waals surface area (Å²) < 4.78 is 10.6. The van der Waals surface area contributed by atoms with Crippen molar-refractivity contribution in [3.05, 3.63) is 28.3 Å². The van der Waals surface area contributed by atoms with Gasteiger partial charge in [-0.25, -0.2) is 0 Å². The van der Waals surface area contributed by atoms with E-state index in [0.29, 0.717) is 31.2 Å². The minimum absolute atomic E-state index is 0.0405. The van der Waals surface area contributed by atoms with E-state index >= 15 is 0 Å². The lowest BCUT2D eigenvalue weighted by atomic mass is 10.2. The molecule has 0 atom stereocenters. The molecule has 0 aliphatic carbocycles. The predicted octanol–water partition coefficient (Wildman–Crippen LogP) is 0.652. The molecule has 0 saturated carbocycles. The number of anilines is 1. The Morgan fingerprint density at radius 1 is 1.23 bits per heavy atom. The van der Waals surface area contributed by atoms with Crippen molar-refractivity contribution in [2.45, 2.75) is 0 Å². The highest BCUT2D eigenvalue weighted by Gasteiger charge is 2.27. The summed E-state index contributed by atoms with van der Waals surface area (Å²) in [6.07, 6.45) is 0. The molecule has 2 aliphatic heterocycles. The lowest BCUT2D eigenvalue weighted by molar-refractivity contribution is -0.384. The van der Waals surface area contributed by atoms with Crippen LogP contribution in [-0.4, -0.2) is 61.7 Å². The average molecular weight is 307 g/mol. The number of carbonyl (C=O) groups is 1. The number of nitro benzene ring substituents is 1. The van der Waals surface area contributed by atoms with Crippen LogP contribution in [0.25, 0.3) is 0 Å². The zero-order chi connectivity index (χ0) is 15.5. The number of nitro groups is 1. The SMILES string of the molecule is O=C1COc2cc([N+](=O)[O-])ccc2N1CCN1CCOCC1. The highest BCUT2D eigenvalue weighted by Crippen LogP contribution is 2.35. The number of benzene rings is 1. The molecule has 1 fully saturated rings. The van der Waals surface area contributed by atoms with Crippen molar-refractivity contribution in [3.63, 3.8) is 0 Å². The van der Waals surface area contributed by atoms with Crippen molar-refractivity contribution in [1.82, 2.24) is 4.90 Å². The first-order valence-corrected chi connectivity index (χ1v) is 7.17. The minimum Gasteiger partial charge on any atom is -0.481 e. The van der Waals surface area contributed by atoms with Crippen molar-refractivity contribution in [2.24, 2.45) is 0 Å². The molecule has 2 heterocycles. The Bertz CT molecular complexity index is 586. The minimum atomic E-state index is -0.474. The molecule has 22 heavy (non-hydrogen) atoms. The third-order valence-corrected chi connectivity index (χ3v) is 3.84. The van der Waals surface area contributed by atoms with E-state index in [1.165, 1.54) is 12.1 Å². The van der Waals surface area contributed by atoms with Gasteiger partial charge in [-0.1, -0.05) is 0 Å². The molecule has 1 saturated heterocycles. The molecule has 0 aromatic heterocycles. The van der Waals surface area contributed by atoms with Crippen LogP contribution in [0.1, 0.15) is 0 Å². The van der Waals surface area contributed by atoms with E-state index < -0.39 is 4.92 Å². The molecule has 1 aromatic rings. The first-order valence-electron chi connectivity index (χ1n) is 7.17. The Morgan fingerprint density at radius 2 is 2.00 bits per heavy atom. The van der Waals surface area contributed by atoms with Gasteiger partial charge in [0.15, 0.2) is 12.4 Å². The topological polar surface area (TPSA) is 85.1 Å². The van der Waals surface area contributed by atoms with Crippen LogP contribution in [0.2, 0.25) is 0 Å². The zero-order valence-electron chi connectivity index (χ0n) is 12.1. The molecular formula is C14H17N3O5. The van der Waals surface area contributed by atoms with Gasteiger partial charge in [-0.3, -0.25) is 19.8 Å². The van der Waals surface area contributed by atoms with E-state index in [1.807, 2.05) is 0 Å². The van der Waals surface area contributed by atoms with Crippen molar-refractivity contribution >= 4 is 17.3 Å². The van der Waals surface area contributed by atoms with Crippen molar-refractivity contribution in [1.29, 1.82) is 0 Å². The lowest BCUT2D eigenvalue weighted by Gasteiger charge is -2.32. The first kappa shape index (κ1) is 14.7. The lowest BCUT2D eigenvalue weighted by Crippen LogP contribution is -2.45. The van der Waals surface area contributed by atoms with Gasteiger partial charge in [-0.15, -0.1) is 0 Å². The number of hydrogen-bond donors (Lipinski definition) is 0. The molecule has 2 aliphatic rings. The van der Waals surface area contributed by atoms with Gasteiger partial charge < -0.3 is 14.4 Å². The summed E-state index contributed by atoms with van der Waals surface area (Å²) in [6, 6.07) is 4.33. The number of amides is 1. The third-order valence-electron chi connectivity index (χ3n) is 3.84. The van der Waals surface area contributed by atoms with Crippen LogP contribution >= 0.6 is 0 Å². The summed E-state index contributed by atoms with van der Waals surface area (Å²) in [5, 5.41) is 10.8. The summed E-state index contributed by atoms with van der Waals surface area (Å²) >= 11 is 0. The highest BCUT2D eigenvalue weighted by molar-refractivity contribution is 5.98. The predicted molar refractivity (Wildman–Crippen MR) is 78.2 cm³/mol. The summed E-state index contributed by atoms with van der Waals surface area (Å²) in [4.78, 5) is 26.3. The Labute approximate surface area is 127 Å². The van der Waals surface area contributed by atoms with E-state index in [9.17, 15) is 14.9 Å². The molecule has 8 heteroatoms. The van der Waals surface area contributed by atoms with Gasteiger partial charge in [0.2, 0.25) is 0 Å². The summed E-state index contributed by atoms with van der Waals surface area (Å²) in [6.45, 7) is 4.31. The summed E-state index contributed by atoms with van der Waals surface area (Å²) in [5.41, 5.74) is 0.552. The molecule has 8 nitrogen and oxygen atoms in total. The smallest absolute Gasteiger partial charge is 0.273 e. The third kappa shape index (κ3) is 3.02. The second kappa shape index (κ2) is 6.29. The van der Waals surface area contributed by atoms with E-state index in [-0.39, 0.29) is 18.2 Å². The zero-order valence-corrected chi connectivity index (χ0v) is 12.1. The van der Waals surface area contributed by atoms with Crippen molar-refractivity contribution in [3.8, 4) is 5.75 Å². The Kier molecular flexibility index (Phi) is 4.21. The van der Waals surface area contributed by atoms with E-state index in [0.717, 1.165) is 19.6 Å². The maximum Gasteiger partial charge on any atom is 0.273 e. The van der Waals surface area contributed by atoms with E-state index in [1.54, 1.807) is 11.0 Å². The van der Waals surface area contributed by atoms with Gasteiger partial charge in [-0.05, 0) is 6.07 Å². The van der Waals surface area contributed by atoms with Crippen LogP contribution in [0.3, 0.4) is 0 Å². The van der Waals surface area contributed by atoms with Crippen LogP contribution in [-0.2, 0) is 9.53 Å². The van der Waals surface area contributed by atoms with Crippen LogP contribution in [0.15, 0.2) is 18.2 Å². The van der Waals surface area contributed by atoms with Crippen LogP contribution in [0, 0.1) is 10.1 Å². The highest BCUT2D eigenvalue weighted by atomic mass is 16.6. The van der Waals surface area contributed by atoms with Crippen molar-refractivity contribution in [2.75, 3.05) is 50.9 Å². The molecule has 3 rings (SSSR count). The number of ether oxygens (including phenoxy) is 2. The average Bonchev–Trinajstić information content (AvgIpc) is 2.54. The number of non-ortho nitro benzene ring substituents is 1. The first-order chi connectivity index (χ1) is 10.6. The largest absolute Gasteiger partial charge is 0.481 e. The van der Waals surface area contributed by atoms with Gasteiger partial charge in [0.25, 0.3) is 11.6 Å². The van der Waals surface area contributed by atoms with Crippen molar-refractivity contribution < 1.29 is 19.2 Å². The van der Waals surface area contributed by atoms with Gasteiger partial charge in [0, 0.05) is 32.2 Å². The second-order valence-corrected chi connectivity index (χ2v) is 5.20. The van der Waals surface area contributed by atoms with Crippen LogP contribution < -0.4 is 9.64 Å². The maximum atomic E-state index is 12.1. The Hall–Kier alpha value is -2.19. The number of carbonyl (C=O) groups excluding carboxylic acids is 1. The van der Waals surface area contributed by atoms with E-state index in [2.05, 4.69) is 4.90 Å². The fourth-order valence-corrected chi connectivity index (χ4v) is 2.62. The van der Waals surface area contributed by atoms with Crippen LogP contribution in [0.5, 0.6) is 5.75 Å². The maximum absolute atomic E-state index is 12.1. The Morgan fingerprint density at radius 3 is 2.73 bits per heavy atom. The normalized spacial score (nSPS) is 18.7. The summed E-state index contributed by atoms with van der Waals surface area (Å²) in [5.74, 6) is 0.255.